The van der Waals surface area contributed by atoms with E-state index in [2.05, 4.69) is 6.58 Å². The molecule has 1 saturated heterocycles. The van der Waals surface area contributed by atoms with Crippen molar-refractivity contribution in [2.24, 2.45) is 0 Å². The van der Waals surface area contributed by atoms with Crippen LogP contribution in [-0.2, 0) is 11.2 Å². The van der Waals surface area contributed by atoms with E-state index in [0.29, 0.717) is 23.6 Å². The first kappa shape index (κ1) is 19.7. The number of aliphatic hydroxyl groups excluding tert-OH is 3. The SMILES string of the molecule is C=C1OC(c2ccc(Cl)c(Cc3ccc(OCC)cc3)c2)C(O)C(O)C1O. The summed E-state index contributed by atoms with van der Waals surface area (Å²) < 4.78 is 11.0. The Labute approximate surface area is 163 Å². The molecule has 27 heavy (non-hydrogen) atoms. The van der Waals surface area contributed by atoms with Crippen molar-refractivity contribution in [2.75, 3.05) is 6.61 Å². The zero-order valence-electron chi connectivity index (χ0n) is 15.0. The maximum atomic E-state index is 10.3. The Hall–Kier alpha value is -2.05. The lowest BCUT2D eigenvalue weighted by Gasteiger charge is -2.37. The van der Waals surface area contributed by atoms with E-state index in [1.54, 1.807) is 12.1 Å². The third kappa shape index (κ3) is 4.28. The lowest BCUT2D eigenvalue weighted by Crippen LogP contribution is -2.47. The summed E-state index contributed by atoms with van der Waals surface area (Å²) in [6.45, 7) is 6.16. The van der Waals surface area contributed by atoms with Crippen LogP contribution in [0.1, 0.15) is 29.7 Å². The summed E-state index contributed by atoms with van der Waals surface area (Å²) >= 11 is 6.35. The second-order valence-corrected chi connectivity index (χ2v) is 6.94. The van der Waals surface area contributed by atoms with Gasteiger partial charge in [-0.2, -0.15) is 0 Å². The van der Waals surface area contributed by atoms with Crippen molar-refractivity contribution in [3.63, 3.8) is 0 Å². The maximum Gasteiger partial charge on any atom is 0.152 e. The first-order valence-electron chi connectivity index (χ1n) is 8.80. The summed E-state index contributed by atoms with van der Waals surface area (Å²) in [5.41, 5.74) is 2.57. The molecule has 0 bridgehead atoms. The van der Waals surface area contributed by atoms with Crippen molar-refractivity contribution >= 4 is 11.6 Å². The van der Waals surface area contributed by atoms with Gasteiger partial charge in [0.05, 0.1) is 6.61 Å². The first-order chi connectivity index (χ1) is 12.9. The highest BCUT2D eigenvalue weighted by molar-refractivity contribution is 6.31. The van der Waals surface area contributed by atoms with Gasteiger partial charge in [0.25, 0.3) is 0 Å². The molecule has 3 rings (SSSR count). The van der Waals surface area contributed by atoms with Gasteiger partial charge in [-0.05, 0) is 48.2 Å². The molecule has 1 heterocycles. The lowest BCUT2D eigenvalue weighted by molar-refractivity contribution is -0.157. The van der Waals surface area contributed by atoms with E-state index in [1.165, 1.54) is 0 Å². The van der Waals surface area contributed by atoms with E-state index in [9.17, 15) is 15.3 Å². The minimum atomic E-state index is -1.36. The molecule has 0 spiro atoms. The van der Waals surface area contributed by atoms with Crippen molar-refractivity contribution in [1.29, 1.82) is 0 Å². The van der Waals surface area contributed by atoms with Crippen LogP contribution in [0.2, 0.25) is 5.02 Å². The predicted molar refractivity (Wildman–Crippen MR) is 103 cm³/mol. The number of hydrogen-bond donors (Lipinski definition) is 3. The van der Waals surface area contributed by atoms with Crippen LogP contribution in [0.15, 0.2) is 54.8 Å². The van der Waals surface area contributed by atoms with Crippen molar-refractivity contribution in [3.8, 4) is 5.75 Å². The fraction of sp³-hybridized carbons (Fsp3) is 0.333. The average Bonchev–Trinajstić information content (AvgIpc) is 2.66. The van der Waals surface area contributed by atoms with Gasteiger partial charge in [0, 0.05) is 5.02 Å². The standard InChI is InChI=1S/C21H23ClO5/c1-3-26-16-7-4-13(5-8-16)10-15-11-14(6-9-17(15)22)21-20(25)19(24)18(23)12(2)27-21/h4-9,11,18-21,23-25H,2-3,10H2,1H3. The Balaban J connectivity index is 1.83. The molecule has 2 aromatic rings. The van der Waals surface area contributed by atoms with Gasteiger partial charge in [0.15, 0.2) is 6.10 Å². The highest BCUT2D eigenvalue weighted by atomic mass is 35.5. The minimum absolute atomic E-state index is 0.0285. The molecule has 1 aliphatic rings. The molecule has 0 saturated carbocycles. The van der Waals surface area contributed by atoms with Crippen LogP contribution in [0.4, 0.5) is 0 Å². The Bertz CT molecular complexity index is 805. The van der Waals surface area contributed by atoms with Crippen molar-refractivity contribution in [3.05, 3.63) is 76.5 Å². The molecule has 4 atom stereocenters. The van der Waals surface area contributed by atoms with Crippen molar-refractivity contribution in [2.45, 2.75) is 37.8 Å². The van der Waals surface area contributed by atoms with Gasteiger partial charge in [-0.3, -0.25) is 0 Å². The fourth-order valence-corrected chi connectivity index (χ4v) is 3.31. The summed E-state index contributed by atoms with van der Waals surface area (Å²) in [5.74, 6) is 0.840. The van der Waals surface area contributed by atoms with Crippen LogP contribution in [0, 0.1) is 0 Å². The largest absolute Gasteiger partial charge is 0.494 e. The zero-order valence-corrected chi connectivity index (χ0v) is 15.8. The molecule has 0 aliphatic carbocycles. The monoisotopic (exact) mass is 390 g/mol. The fourth-order valence-electron chi connectivity index (χ4n) is 3.12. The molecular weight excluding hydrogens is 368 g/mol. The normalized spacial score (nSPS) is 25.1. The molecule has 2 aromatic carbocycles. The van der Waals surface area contributed by atoms with Gasteiger partial charge in [-0.25, -0.2) is 0 Å². The van der Waals surface area contributed by atoms with Crippen LogP contribution in [0.3, 0.4) is 0 Å². The van der Waals surface area contributed by atoms with E-state index in [-0.39, 0.29) is 5.76 Å². The lowest BCUT2D eigenvalue weighted by atomic mass is 9.92. The Kier molecular flexibility index (Phi) is 6.07. The number of hydrogen-bond acceptors (Lipinski definition) is 5. The molecule has 6 heteroatoms. The van der Waals surface area contributed by atoms with Gasteiger partial charge in [-0.1, -0.05) is 42.4 Å². The van der Waals surface area contributed by atoms with Crippen molar-refractivity contribution < 1.29 is 24.8 Å². The molecule has 5 nitrogen and oxygen atoms in total. The van der Waals surface area contributed by atoms with Gasteiger partial charge in [0.2, 0.25) is 0 Å². The van der Waals surface area contributed by atoms with Crippen LogP contribution in [0.25, 0.3) is 0 Å². The zero-order chi connectivity index (χ0) is 19.6. The Morgan fingerprint density at radius 3 is 2.44 bits per heavy atom. The summed E-state index contributed by atoms with van der Waals surface area (Å²) in [6, 6.07) is 13.1. The predicted octanol–water partition coefficient (Wildman–Crippen LogP) is 3.00. The van der Waals surface area contributed by atoms with Crippen LogP contribution >= 0.6 is 11.6 Å². The van der Waals surface area contributed by atoms with E-state index in [1.807, 2.05) is 37.3 Å². The van der Waals surface area contributed by atoms with Crippen LogP contribution in [-0.4, -0.2) is 40.2 Å². The molecule has 0 aromatic heterocycles. The summed E-state index contributed by atoms with van der Waals surface area (Å²) in [7, 11) is 0. The van der Waals surface area contributed by atoms with Gasteiger partial charge in [-0.15, -0.1) is 0 Å². The molecule has 1 aliphatic heterocycles. The number of aliphatic hydroxyl groups is 3. The third-order valence-corrected chi connectivity index (χ3v) is 4.99. The highest BCUT2D eigenvalue weighted by Crippen LogP contribution is 2.35. The molecule has 0 radical (unpaired) electrons. The third-order valence-electron chi connectivity index (χ3n) is 4.62. The quantitative estimate of drug-likeness (QED) is 0.731. The Morgan fingerprint density at radius 1 is 1.07 bits per heavy atom. The molecule has 3 N–H and O–H groups in total. The summed E-state index contributed by atoms with van der Waals surface area (Å²) in [6.07, 6.45) is -4.18. The first-order valence-corrected chi connectivity index (χ1v) is 9.18. The van der Waals surface area contributed by atoms with Crippen LogP contribution in [0.5, 0.6) is 5.75 Å². The van der Waals surface area contributed by atoms with E-state index in [4.69, 9.17) is 21.1 Å². The van der Waals surface area contributed by atoms with Gasteiger partial charge < -0.3 is 24.8 Å². The van der Waals surface area contributed by atoms with Gasteiger partial charge >= 0.3 is 0 Å². The number of benzene rings is 2. The number of ether oxygens (including phenoxy) is 2. The molecule has 1 fully saturated rings. The van der Waals surface area contributed by atoms with Crippen LogP contribution < -0.4 is 4.74 Å². The smallest absolute Gasteiger partial charge is 0.152 e. The van der Waals surface area contributed by atoms with Gasteiger partial charge in [0.1, 0.15) is 29.8 Å². The summed E-state index contributed by atoms with van der Waals surface area (Å²) in [5, 5.41) is 30.6. The summed E-state index contributed by atoms with van der Waals surface area (Å²) in [4.78, 5) is 0. The van der Waals surface area contributed by atoms with E-state index < -0.39 is 24.4 Å². The molecular formula is C21H23ClO5. The second kappa shape index (κ2) is 8.31. The topological polar surface area (TPSA) is 79.2 Å². The minimum Gasteiger partial charge on any atom is -0.494 e. The second-order valence-electron chi connectivity index (χ2n) is 6.54. The molecule has 144 valence electrons. The highest BCUT2D eigenvalue weighted by Gasteiger charge is 2.41. The van der Waals surface area contributed by atoms with E-state index in [0.717, 1.165) is 16.9 Å². The number of rotatable bonds is 5. The van der Waals surface area contributed by atoms with Crippen molar-refractivity contribution in [1.82, 2.24) is 0 Å². The maximum absolute atomic E-state index is 10.3. The molecule has 4 unspecified atom stereocenters. The molecule has 0 amide bonds. The number of halogens is 1. The average molecular weight is 391 g/mol. The van der Waals surface area contributed by atoms with E-state index >= 15 is 0 Å². The Morgan fingerprint density at radius 2 is 1.78 bits per heavy atom.